The van der Waals surface area contributed by atoms with Crippen LogP contribution >= 0.6 is 0 Å². The monoisotopic (exact) mass is 693 g/mol. The molecular formula is C41H41Cl2Zr. The SMILES string of the molecule is CCc1c(C(C)(C)C)c(C2=CC=CC2)c2c(c1=C(c1ccccc1)c1ccccc1)=c1ccc(C(C)(C)C)cc1=[C-]2.[Cl-].[Cl-].[Zr+3]. The molecule has 223 valence electrons. The van der Waals surface area contributed by atoms with Crippen molar-refractivity contribution >= 4 is 17.2 Å². The Labute approximate surface area is 295 Å². The first-order chi connectivity index (χ1) is 19.6. The molecule has 6 rings (SSSR count). The zero-order valence-corrected chi connectivity index (χ0v) is 30.9. The smallest absolute Gasteiger partial charge is 1.00 e. The molecule has 0 fully saturated rings. The van der Waals surface area contributed by atoms with E-state index in [0.717, 1.165) is 12.8 Å². The molecule has 0 unspecified atom stereocenters. The van der Waals surface area contributed by atoms with Crippen LogP contribution in [0.5, 0.6) is 0 Å². The molecule has 3 heteroatoms. The molecule has 2 aliphatic carbocycles. The Morgan fingerprint density at radius 2 is 1.36 bits per heavy atom. The summed E-state index contributed by atoms with van der Waals surface area (Å²) in [6.07, 6.45) is 12.8. The van der Waals surface area contributed by atoms with E-state index in [0.29, 0.717) is 0 Å². The largest absolute Gasteiger partial charge is 3.00 e. The van der Waals surface area contributed by atoms with E-state index in [1.54, 1.807) is 0 Å². The summed E-state index contributed by atoms with van der Waals surface area (Å²) in [7, 11) is 0. The second-order valence-corrected chi connectivity index (χ2v) is 13.5. The summed E-state index contributed by atoms with van der Waals surface area (Å²) < 4.78 is 0. The van der Waals surface area contributed by atoms with Crippen LogP contribution in [0.25, 0.3) is 17.2 Å². The molecule has 4 aromatic carbocycles. The average molecular weight is 696 g/mol. The minimum atomic E-state index is -0.0423. The number of fused-ring (bicyclic) bond motifs is 2. The molecule has 2 aliphatic rings. The summed E-state index contributed by atoms with van der Waals surface area (Å²) in [6.45, 7) is 16.4. The van der Waals surface area contributed by atoms with Gasteiger partial charge in [0.1, 0.15) is 0 Å². The van der Waals surface area contributed by atoms with Gasteiger partial charge < -0.3 is 24.8 Å². The minimum absolute atomic E-state index is 0. The Bertz CT molecular complexity index is 1890. The molecule has 0 nitrogen and oxygen atoms in total. The number of allylic oxidation sites excluding steroid dienone is 4. The van der Waals surface area contributed by atoms with Gasteiger partial charge in [-0.05, 0) is 45.6 Å². The van der Waals surface area contributed by atoms with Crippen molar-refractivity contribution < 1.29 is 51.0 Å². The molecular weight excluding hydrogens is 655 g/mol. The molecule has 0 atom stereocenters. The van der Waals surface area contributed by atoms with Gasteiger partial charge in [0.25, 0.3) is 0 Å². The van der Waals surface area contributed by atoms with Crippen LogP contribution in [0, 0.1) is 10.4 Å². The molecule has 0 saturated carbocycles. The van der Waals surface area contributed by atoms with Gasteiger partial charge in [-0.25, -0.2) is 0 Å². The maximum atomic E-state index is 4.02. The van der Waals surface area contributed by atoms with Gasteiger partial charge in [0, 0.05) is 0 Å². The van der Waals surface area contributed by atoms with Crippen molar-refractivity contribution in [2.75, 3.05) is 0 Å². The maximum Gasteiger partial charge on any atom is 3.00 e. The summed E-state index contributed by atoms with van der Waals surface area (Å²) in [5, 5.41) is 5.23. The van der Waals surface area contributed by atoms with Gasteiger partial charge in [-0.15, -0.1) is 33.4 Å². The summed E-state index contributed by atoms with van der Waals surface area (Å²) in [5.41, 5.74) is 12.2. The van der Waals surface area contributed by atoms with Crippen molar-refractivity contribution in [3.8, 4) is 0 Å². The van der Waals surface area contributed by atoms with E-state index in [4.69, 9.17) is 0 Å². The van der Waals surface area contributed by atoms with Crippen molar-refractivity contribution in [3.05, 3.63) is 157 Å². The molecule has 0 spiro atoms. The van der Waals surface area contributed by atoms with E-state index in [1.807, 2.05) is 0 Å². The second kappa shape index (κ2) is 13.9. The normalized spacial score (nSPS) is 13.0. The van der Waals surface area contributed by atoms with Crippen molar-refractivity contribution in [1.29, 1.82) is 0 Å². The number of hydrogen-bond acceptors (Lipinski definition) is 0. The molecule has 0 bridgehead atoms. The first kappa shape index (κ1) is 36.0. The van der Waals surface area contributed by atoms with E-state index in [1.165, 1.54) is 71.0 Å². The number of halogens is 2. The predicted octanol–water partition coefficient (Wildman–Crippen LogP) is 2.75. The summed E-state index contributed by atoms with van der Waals surface area (Å²) in [5.74, 6) is 0. The van der Waals surface area contributed by atoms with E-state index in [-0.39, 0.29) is 61.8 Å². The third-order valence-corrected chi connectivity index (χ3v) is 8.59. The fraction of sp³-hybridized carbons (Fsp3) is 0.268. The number of benzene rings is 4. The Hall–Kier alpha value is -2.44. The number of rotatable bonds is 4. The van der Waals surface area contributed by atoms with Crippen LogP contribution in [-0.2, 0) is 43.5 Å². The van der Waals surface area contributed by atoms with Gasteiger partial charge >= 0.3 is 26.2 Å². The molecule has 0 heterocycles. The average Bonchev–Trinajstić information content (AvgIpc) is 3.61. The summed E-state index contributed by atoms with van der Waals surface area (Å²) in [6, 6.07) is 29.1. The fourth-order valence-electron chi connectivity index (χ4n) is 6.74. The van der Waals surface area contributed by atoms with Gasteiger partial charge in [-0.1, -0.05) is 167 Å². The molecule has 44 heavy (non-hydrogen) atoms. The minimum Gasteiger partial charge on any atom is -1.00 e. The Kier molecular flexibility index (Phi) is 11.4. The second-order valence-electron chi connectivity index (χ2n) is 13.5. The molecule has 0 aromatic heterocycles. The Balaban J connectivity index is 0.00000176. The van der Waals surface area contributed by atoms with E-state index in [9.17, 15) is 0 Å². The van der Waals surface area contributed by atoms with Crippen molar-refractivity contribution in [2.45, 2.75) is 72.1 Å². The van der Waals surface area contributed by atoms with E-state index < -0.39 is 0 Å². The number of hydrogen-bond donors (Lipinski definition) is 0. The van der Waals surface area contributed by atoms with E-state index >= 15 is 0 Å². The van der Waals surface area contributed by atoms with Crippen LogP contribution in [0.15, 0.2) is 97.1 Å². The van der Waals surface area contributed by atoms with Crippen molar-refractivity contribution in [3.63, 3.8) is 0 Å². The van der Waals surface area contributed by atoms with Crippen LogP contribution in [0.2, 0.25) is 0 Å². The Morgan fingerprint density at radius 1 is 0.773 bits per heavy atom. The van der Waals surface area contributed by atoms with Crippen molar-refractivity contribution in [2.24, 2.45) is 0 Å². The van der Waals surface area contributed by atoms with Crippen LogP contribution < -0.4 is 35.3 Å². The quantitative estimate of drug-likeness (QED) is 0.254. The van der Waals surface area contributed by atoms with Crippen LogP contribution in [0.4, 0.5) is 0 Å². The predicted molar refractivity (Wildman–Crippen MR) is 175 cm³/mol. The van der Waals surface area contributed by atoms with Gasteiger partial charge in [-0.2, -0.15) is 0 Å². The third-order valence-electron chi connectivity index (χ3n) is 8.59. The van der Waals surface area contributed by atoms with Gasteiger partial charge in [0.15, 0.2) is 0 Å². The maximum absolute atomic E-state index is 4.02. The van der Waals surface area contributed by atoms with Crippen LogP contribution in [0.3, 0.4) is 0 Å². The molecule has 0 saturated heterocycles. The summed E-state index contributed by atoms with van der Waals surface area (Å²) >= 11 is 0. The Morgan fingerprint density at radius 3 is 1.84 bits per heavy atom. The molecule has 0 aliphatic heterocycles. The van der Waals surface area contributed by atoms with Gasteiger partial charge in [0.2, 0.25) is 0 Å². The standard InChI is InChI=1S/C41H41.2ClH.Zr/c1-8-32-38(35(27-17-11-9-12-18-27)28-19-13-10-14-20-28)37-33-24-23-31(40(2,3)4)25-30(33)26-34(37)36(29-21-15-16-22-29)39(32)41(5,6)7;;;/h9-21,23-25H,8,22H2,1-7H3;2*1H;/q-1;;;+3/p-2. The van der Waals surface area contributed by atoms with Crippen LogP contribution in [0.1, 0.15) is 93.8 Å². The van der Waals surface area contributed by atoms with Gasteiger partial charge in [0.05, 0.1) is 0 Å². The molecule has 0 amide bonds. The zero-order valence-electron chi connectivity index (χ0n) is 26.9. The first-order valence-corrected chi connectivity index (χ1v) is 15.1. The molecule has 1 radical (unpaired) electrons. The first-order valence-electron chi connectivity index (χ1n) is 15.1. The molecule has 0 N–H and O–H groups in total. The fourth-order valence-corrected chi connectivity index (χ4v) is 6.74. The van der Waals surface area contributed by atoms with Crippen LogP contribution in [-0.4, -0.2) is 0 Å². The van der Waals surface area contributed by atoms with Gasteiger partial charge in [-0.3, -0.25) is 0 Å². The molecule has 4 aromatic rings. The summed E-state index contributed by atoms with van der Waals surface area (Å²) in [4.78, 5) is 0. The third kappa shape index (κ3) is 6.44. The topological polar surface area (TPSA) is 0 Å². The van der Waals surface area contributed by atoms with E-state index in [2.05, 4.69) is 152 Å². The van der Waals surface area contributed by atoms with Crippen molar-refractivity contribution in [1.82, 2.24) is 0 Å². The zero-order chi connectivity index (χ0) is 28.9.